The minimum absolute atomic E-state index is 0.0607. The minimum Gasteiger partial charge on any atom is -0.497 e. The number of hydrogen-bond acceptors (Lipinski definition) is 4. The highest BCUT2D eigenvalue weighted by Gasteiger charge is 2.55. The van der Waals surface area contributed by atoms with Gasteiger partial charge in [-0.25, -0.2) is 4.79 Å². The van der Waals surface area contributed by atoms with Crippen LogP contribution in [0.25, 0.3) is 0 Å². The van der Waals surface area contributed by atoms with Crippen LogP contribution in [0.3, 0.4) is 0 Å². The summed E-state index contributed by atoms with van der Waals surface area (Å²) in [4.78, 5) is 25.6. The van der Waals surface area contributed by atoms with Crippen molar-refractivity contribution in [3.8, 4) is 5.75 Å². The predicted molar refractivity (Wildman–Crippen MR) is 101 cm³/mol. The van der Waals surface area contributed by atoms with Crippen molar-refractivity contribution in [2.75, 3.05) is 14.2 Å². The fraction of sp³-hybridized carbons (Fsp3) is 0.636. The Morgan fingerprint density at radius 2 is 1.59 bits per heavy atom. The number of benzene rings is 1. The van der Waals surface area contributed by atoms with E-state index in [1.165, 1.54) is 26.4 Å². The second-order valence-corrected chi connectivity index (χ2v) is 8.80. The maximum Gasteiger partial charge on any atom is 0.328 e. The molecule has 0 spiro atoms. The number of esters is 1. The van der Waals surface area contributed by atoms with Gasteiger partial charge in [-0.2, -0.15) is 0 Å². The van der Waals surface area contributed by atoms with Crippen molar-refractivity contribution in [1.82, 2.24) is 5.32 Å². The molecular weight excluding hydrogens is 342 g/mol. The number of methoxy groups -OCH3 is 2. The van der Waals surface area contributed by atoms with Crippen LogP contribution in [-0.2, 0) is 20.7 Å². The summed E-state index contributed by atoms with van der Waals surface area (Å²) >= 11 is 0. The van der Waals surface area contributed by atoms with Gasteiger partial charge in [0.05, 0.1) is 14.2 Å². The van der Waals surface area contributed by atoms with Crippen LogP contribution in [0, 0.1) is 23.2 Å². The van der Waals surface area contributed by atoms with Crippen molar-refractivity contribution in [3.63, 3.8) is 0 Å². The highest BCUT2D eigenvalue weighted by Crippen LogP contribution is 2.60. The van der Waals surface area contributed by atoms with Gasteiger partial charge in [0.15, 0.2) is 0 Å². The molecule has 4 aliphatic carbocycles. The number of carbonyl (C=O) groups excluding carboxylic acids is 2. The van der Waals surface area contributed by atoms with Gasteiger partial charge in [0.25, 0.3) is 0 Å². The highest BCUT2D eigenvalue weighted by atomic mass is 16.5. The van der Waals surface area contributed by atoms with E-state index in [9.17, 15) is 9.59 Å². The fourth-order valence-electron chi connectivity index (χ4n) is 6.03. The molecule has 1 amide bonds. The van der Waals surface area contributed by atoms with E-state index in [1.54, 1.807) is 7.11 Å². The van der Waals surface area contributed by atoms with Crippen molar-refractivity contribution < 1.29 is 19.1 Å². The molecule has 5 nitrogen and oxygen atoms in total. The lowest BCUT2D eigenvalue weighted by molar-refractivity contribution is -0.152. The Bertz CT molecular complexity index is 676. The van der Waals surface area contributed by atoms with Gasteiger partial charge in [0.1, 0.15) is 11.8 Å². The quantitative estimate of drug-likeness (QED) is 0.781. The van der Waals surface area contributed by atoms with Crippen LogP contribution < -0.4 is 10.1 Å². The average Bonchev–Trinajstić information content (AvgIpc) is 2.66. The smallest absolute Gasteiger partial charge is 0.328 e. The molecule has 4 aliphatic rings. The topological polar surface area (TPSA) is 64.6 Å². The molecule has 1 atom stereocenters. The molecule has 0 aromatic heterocycles. The van der Waals surface area contributed by atoms with Gasteiger partial charge < -0.3 is 14.8 Å². The molecule has 4 saturated carbocycles. The summed E-state index contributed by atoms with van der Waals surface area (Å²) < 4.78 is 10.2. The van der Waals surface area contributed by atoms with Gasteiger partial charge in [0, 0.05) is 11.8 Å². The third-order valence-electron chi connectivity index (χ3n) is 6.91. The molecule has 27 heavy (non-hydrogen) atoms. The lowest BCUT2D eigenvalue weighted by Gasteiger charge is -2.55. The van der Waals surface area contributed by atoms with E-state index >= 15 is 0 Å². The monoisotopic (exact) mass is 371 g/mol. The van der Waals surface area contributed by atoms with Crippen molar-refractivity contribution in [1.29, 1.82) is 0 Å². The van der Waals surface area contributed by atoms with Crippen molar-refractivity contribution in [3.05, 3.63) is 29.8 Å². The Balaban J connectivity index is 1.48. The number of carbonyl (C=O) groups is 2. The molecule has 1 N–H and O–H groups in total. The molecule has 0 unspecified atom stereocenters. The van der Waals surface area contributed by atoms with E-state index in [0.29, 0.717) is 24.2 Å². The van der Waals surface area contributed by atoms with Gasteiger partial charge in [-0.05, 0) is 74.0 Å². The third-order valence-corrected chi connectivity index (χ3v) is 6.91. The van der Waals surface area contributed by atoms with Gasteiger partial charge in [-0.3, -0.25) is 4.79 Å². The summed E-state index contributed by atoms with van der Waals surface area (Å²) in [7, 11) is 3.00. The summed E-state index contributed by atoms with van der Waals surface area (Å²) in [5.41, 5.74) is 0.706. The zero-order chi connectivity index (χ0) is 19.0. The van der Waals surface area contributed by atoms with E-state index in [-0.39, 0.29) is 17.3 Å². The Kier molecular flexibility index (Phi) is 4.87. The Hall–Kier alpha value is -2.04. The van der Waals surface area contributed by atoms with Crippen LogP contribution in [0.5, 0.6) is 5.75 Å². The Morgan fingerprint density at radius 3 is 2.07 bits per heavy atom. The summed E-state index contributed by atoms with van der Waals surface area (Å²) in [5, 5.41) is 3.06. The molecule has 0 heterocycles. The molecule has 0 saturated heterocycles. The summed E-state index contributed by atoms with van der Waals surface area (Å²) in [6, 6.07) is 6.93. The van der Waals surface area contributed by atoms with Crippen molar-refractivity contribution >= 4 is 11.9 Å². The highest BCUT2D eigenvalue weighted by molar-refractivity contribution is 5.88. The Labute approximate surface area is 160 Å². The van der Waals surface area contributed by atoms with Gasteiger partial charge >= 0.3 is 5.97 Å². The molecule has 0 radical (unpaired) electrons. The van der Waals surface area contributed by atoms with E-state index < -0.39 is 6.04 Å². The van der Waals surface area contributed by atoms with Crippen molar-refractivity contribution in [2.24, 2.45) is 23.2 Å². The van der Waals surface area contributed by atoms with Gasteiger partial charge in [0.2, 0.25) is 5.91 Å². The van der Waals surface area contributed by atoms with E-state index in [1.807, 2.05) is 24.3 Å². The predicted octanol–water partition coefficient (Wildman–Crippen LogP) is 3.11. The molecule has 0 aliphatic heterocycles. The number of nitrogens with one attached hydrogen (secondary N) is 1. The number of hydrogen-bond donors (Lipinski definition) is 1. The van der Waals surface area contributed by atoms with E-state index in [4.69, 9.17) is 9.47 Å². The van der Waals surface area contributed by atoms with Crippen LogP contribution in [0.1, 0.15) is 44.1 Å². The standard InChI is InChI=1S/C22H29NO4/c1-26-18-5-3-14(4-6-18)10-19(20(24)27-2)23-21(25)22-11-15-7-16(12-22)9-17(8-15)13-22/h3-6,15-17,19H,7-13H2,1-2H3,(H,23,25)/t15?,16?,17?,19-,22?/m0/s1. The lowest BCUT2D eigenvalue weighted by atomic mass is 9.49. The first-order valence-electron chi connectivity index (χ1n) is 10.0. The van der Waals surface area contributed by atoms with Crippen LogP contribution >= 0.6 is 0 Å². The zero-order valence-corrected chi connectivity index (χ0v) is 16.2. The molecule has 4 bridgehead atoms. The van der Waals surface area contributed by atoms with Crippen LogP contribution in [0.2, 0.25) is 0 Å². The van der Waals surface area contributed by atoms with Crippen LogP contribution in [0.15, 0.2) is 24.3 Å². The van der Waals surface area contributed by atoms with E-state index in [0.717, 1.165) is 30.6 Å². The SMILES string of the molecule is COC(=O)[C@H](Cc1ccc(OC)cc1)NC(=O)C12CC3CC(CC(C3)C1)C2. The molecule has 1 aromatic rings. The third kappa shape index (κ3) is 3.56. The molecular formula is C22H29NO4. The number of rotatable bonds is 6. The summed E-state index contributed by atoms with van der Waals surface area (Å²) in [5.74, 6) is 2.53. The summed E-state index contributed by atoms with van der Waals surface area (Å²) in [6.07, 6.45) is 7.26. The molecule has 146 valence electrons. The van der Waals surface area contributed by atoms with Gasteiger partial charge in [-0.15, -0.1) is 0 Å². The summed E-state index contributed by atoms with van der Waals surface area (Å²) in [6.45, 7) is 0. The molecule has 4 fully saturated rings. The lowest BCUT2D eigenvalue weighted by Crippen LogP contribution is -2.56. The molecule has 5 heteroatoms. The minimum atomic E-state index is -0.649. The number of ether oxygens (including phenoxy) is 2. The van der Waals surface area contributed by atoms with E-state index in [2.05, 4.69) is 5.32 Å². The zero-order valence-electron chi connectivity index (χ0n) is 16.2. The van der Waals surface area contributed by atoms with Crippen molar-refractivity contribution in [2.45, 2.75) is 51.0 Å². The maximum atomic E-state index is 13.3. The normalized spacial score (nSPS) is 32.0. The Morgan fingerprint density at radius 1 is 1.04 bits per heavy atom. The average molecular weight is 371 g/mol. The first-order valence-corrected chi connectivity index (χ1v) is 10.0. The fourth-order valence-corrected chi connectivity index (χ4v) is 6.03. The molecule has 1 aromatic carbocycles. The van der Waals surface area contributed by atoms with Gasteiger partial charge in [-0.1, -0.05) is 12.1 Å². The van der Waals surface area contributed by atoms with Crippen LogP contribution in [-0.4, -0.2) is 32.1 Å². The molecule has 5 rings (SSSR count). The van der Waals surface area contributed by atoms with Crippen LogP contribution in [0.4, 0.5) is 0 Å². The number of amides is 1. The largest absolute Gasteiger partial charge is 0.497 e. The first-order chi connectivity index (χ1) is 13.0. The second-order valence-electron chi connectivity index (χ2n) is 8.80. The second kappa shape index (κ2) is 7.17. The first kappa shape index (κ1) is 18.3. The maximum absolute atomic E-state index is 13.3.